The fourth-order valence-corrected chi connectivity index (χ4v) is 5.68. The maximum absolute atomic E-state index is 12.3. The highest BCUT2D eigenvalue weighted by Gasteiger charge is 2.30. The van der Waals surface area contributed by atoms with Gasteiger partial charge in [-0.2, -0.15) is 4.31 Å². The largest absolute Gasteiger partial charge is 0.396 e. The third-order valence-electron chi connectivity index (χ3n) is 2.88. The Hall–Kier alpha value is 0.0500. The van der Waals surface area contributed by atoms with Crippen LogP contribution < -0.4 is 0 Å². The lowest BCUT2D eigenvalue weighted by atomic mass is 10.0. The molecule has 1 saturated heterocycles. The van der Waals surface area contributed by atoms with Crippen molar-refractivity contribution in [2.24, 2.45) is 5.92 Å². The maximum Gasteiger partial charge on any atom is 0.252 e. The molecule has 1 aliphatic rings. The van der Waals surface area contributed by atoms with Crippen LogP contribution in [0.1, 0.15) is 12.8 Å². The fraction of sp³-hybridized carbons (Fsp3) is 0.600. The Morgan fingerprint density at radius 3 is 2.88 bits per heavy atom. The molecule has 1 aromatic heterocycles. The molecule has 1 aromatic rings. The van der Waals surface area contributed by atoms with Gasteiger partial charge < -0.3 is 5.11 Å². The predicted molar refractivity (Wildman–Crippen MR) is 70.6 cm³/mol. The van der Waals surface area contributed by atoms with Crippen molar-refractivity contribution in [1.82, 2.24) is 4.31 Å². The summed E-state index contributed by atoms with van der Waals surface area (Å²) in [6.45, 7) is 1.03. The van der Waals surface area contributed by atoms with Crippen LogP contribution in [0.2, 0.25) is 0 Å². The summed E-state index contributed by atoms with van der Waals surface area (Å²) in [5, 5.41) is 9.12. The van der Waals surface area contributed by atoms with Crippen LogP contribution in [-0.4, -0.2) is 37.5 Å². The van der Waals surface area contributed by atoms with E-state index in [1.54, 1.807) is 12.1 Å². The first-order valence-electron chi connectivity index (χ1n) is 5.40. The van der Waals surface area contributed by atoms with Crippen LogP contribution in [0.4, 0.5) is 0 Å². The summed E-state index contributed by atoms with van der Waals surface area (Å²) < 4.78 is 27.2. The van der Waals surface area contributed by atoms with Crippen molar-refractivity contribution >= 4 is 37.3 Å². The van der Waals surface area contributed by atoms with E-state index in [9.17, 15) is 8.42 Å². The number of rotatable bonds is 3. The van der Waals surface area contributed by atoms with Crippen LogP contribution >= 0.6 is 27.3 Å². The monoisotopic (exact) mass is 339 g/mol. The van der Waals surface area contributed by atoms with E-state index in [1.807, 2.05) is 0 Å². The van der Waals surface area contributed by atoms with E-state index in [1.165, 1.54) is 15.6 Å². The minimum Gasteiger partial charge on any atom is -0.396 e. The molecular formula is C10H14BrNO3S2. The van der Waals surface area contributed by atoms with Crippen LogP contribution in [0.3, 0.4) is 0 Å². The summed E-state index contributed by atoms with van der Waals surface area (Å²) in [5.74, 6) is 0.0712. The number of halogens is 1. The lowest BCUT2D eigenvalue weighted by molar-refractivity contribution is 0.165. The SMILES string of the molecule is O=S(=O)(c1ccc(Br)s1)N1CCC[C@@H](CO)C1. The van der Waals surface area contributed by atoms with Crippen molar-refractivity contribution in [3.63, 3.8) is 0 Å². The summed E-state index contributed by atoms with van der Waals surface area (Å²) in [6.07, 6.45) is 1.72. The molecule has 1 N–H and O–H groups in total. The van der Waals surface area contributed by atoms with E-state index < -0.39 is 10.0 Å². The van der Waals surface area contributed by atoms with Crippen molar-refractivity contribution in [1.29, 1.82) is 0 Å². The molecule has 0 amide bonds. The van der Waals surface area contributed by atoms with Crippen molar-refractivity contribution < 1.29 is 13.5 Å². The van der Waals surface area contributed by atoms with Gasteiger partial charge >= 0.3 is 0 Å². The second-order valence-electron chi connectivity index (χ2n) is 4.11. The van der Waals surface area contributed by atoms with Crippen LogP contribution in [0.15, 0.2) is 20.1 Å². The summed E-state index contributed by atoms with van der Waals surface area (Å²) >= 11 is 4.49. The van der Waals surface area contributed by atoms with Gasteiger partial charge in [-0.1, -0.05) is 0 Å². The number of hydrogen-bond donors (Lipinski definition) is 1. The molecule has 0 bridgehead atoms. The molecule has 1 aliphatic heterocycles. The molecule has 0 spiro atoms. The van der Waals surface area contributed by atoms with Gasteiger partial charge in [-0.3, -0.25) is 0 Å². The van der Waals surface area contributed by atoms with Gasteiger partial charge in [0.1, 0.15) is 4.21 Å². The molecule has 1 atom stereocenters. The number of aliphatic hydroxyl groups is 1. The van der Waals surface area contributed by atoms with Crippen molar-refractivity contribution in [2.45, 2.75) is 17.1 Å². The minimum absolute atomic E-state index is 0.0557. The zero-order valence-electron chi connectivity index (χ0n) is 9.17. The molecule has 0 saturated carbocycles. The van der Waals surface area contributed by atoms with E-state index in [0.717, 1.165) is 16.6 Å². The fourth-order valence-electron chi connectivity index (χ4n) is 1.96. The predicted octanol–water partition coefficient (Wildman–Crippen LogP) is 1.90. The topological polar surface area (TPSA) is 57.6 Å². The molecule has 2 rings (SSSR count). The van der Waals surface area contributed by atoms with E-state index in [4.69, 9.17) is 5.11 Å². The number of aliphatic hydroxyl groups excluding tert-OH is 1. The first kappa shape index (κ1) is 13.5. The molecule has 2 heterocycles. The lowest BCUT2D eigenvalue weighted by Crippen LogP contribution is -2.40. The Bertz CT molecular complexity index is 485. The quantitative estimate of drug-likeness (QED) is 0.914. The van der Waals surface area contributed by atoms with Gasteiger partial charge in [0.15, 0.2) is 0 Å². The van der Waals surface area contributed by atoms with E-state index in [0.29, 0.717) is 17.3 Å². The van der Waals surface area contributed by atoms with Crippen molar-refractivity contribution in [3.8, 4) is 0 Å². The standard InChI is InChI=1S/C10H14BrNO3S2/c11-9-3-4-10(16-9)17(14,15)12-5-1-2-8(6-12)7-13/h3-4,8,13H,1-2,5-7H2/t8-/m1/s1. The van der Waals surface area contributed by atoms with Gasteiger partial charge in [-0.05, 0) is 46.8 Å². The van der Waals surface area contributed by atoms with Crippen LogP contribution in [-0.2, 0) is 10.0 Å². The van der Waals surface area contributed by atoms with Gasteiger partial charge in [-0.15, -0.1) is 11.3 Å². The summed E-state index contributed by atoms with van der Waals surface area (Å²) in [5.41, 5.74) is 0. The van der Waals surface area contributed by atoms with Gasteiger partial charge in [0.05, 0.1) is 3.79 Å². The molecule has 17 heavy (non-hydrogen) atoms. The van der Waals surface area contributed by atoms with Gasteiger partial charge in [0.2, 0.25) is 0 Å². The van der Waals surface area contributed by atoms with Crippen LogP contribution in [0.5, 0.6) is 0 Å². The highest BCUT2D eigenvalue weighted by atomic mass is 79.9. The maximum atomic E-state index is 12.3. The molecule has 0 radical (unpaired) electrons. The highest BCUT2D eigenvalue weighted by Crippen LogP contribution is 2.30. The Morgan fingerprint density at radius 1 is 1.53 bits per heavy atom. The lowest BCUT2D eigenvalue weighted by Gasteiger charge is -2.30. The summed E-state index contributed by atoms with van der Waals surface area (Å²) in [4.78, 5) is 0. The second-order valence-corrected chi connectivity index (χ2v) is 8.74. The molecule has 0 unspecified atom stereocenters. The van der Waals surface area contributed by atoms with Gasteiger partial charge in [0, 0.05) is 19.7 Å². The first-order valence-corrected chi connectivity index (χ1v) is 8.45. The van der Waals surface area contributed by atoms with Gasteiger partial charge in [-0.25, -0.2) is 8.42 Å². The zero-order chi connectivity index (χ0) is 12.5. The van der Waals surface area contributed by atoms with Crippen molar-refractivity contribution in [3.05, 3.63) is 15.9 Å². The number of thiophene rings is 1. The third kappa shape index (κ3) is 2.90. The van der Waals surface area contributed by atoms with Crippen LogP contribution in [0.25, 0.3) is 0 Å². The minimum atomic E-state index is -3.37. The Balaban J connectivity index is 2.21. The molecular weight excluding hydrogens is 326 g/mol. The summed E-state index contributed by atoms with van der Waals surface area (Å²) in [7, 11) is -3.37. The average molecular weight is 340 g/mol. The van der Waals surface area contributed by atoms with E-state index >= 15 is 0 Å². The molecule has 4 nitrogen and oxygen atoms in total. The Labute approximate surface area is 113 Å². The van der Waals surface area contributed by atoms with Crippen LogP contribution in [0, 0.1) is 5.92 Å². The van der Waals surface area contributed by atoms with Gasteiger partial charge in [0.25, 0.3) is 10.0 Å². The smallest absolute Gasteiger partial charge is 0.252 e. The molecule has 1 fully saturated rings. The Kier molecular flexibility index (Phi) is 4.25. The van der Waals surface area contributed by atoms with E-state index in [-0.39, 0.29) is 12.5 Å². The number of piperidine rings is 1. The normalized spacial score (nSPS) is 22.8. The molecule has 7 heteroatoms. The molecule has 96 valence electrons. The average Bonchev–Trinajstić information content (AvgIpc) is 2.76. The Morgan fingerprint density at radius 2 is 2.29 bits per heavy atom. The van der Waals surface area contributed by atoms with Crippen molar-refractivity contribution in [2.75, 3.05) is 19.7 Å². The molecule has 0 aromatic carbocycles. The zero-order valence-corrected chi connectivity index (χ0v) is 12.4. The summed E-state index contributed by atoms with van der Waals surface area (Å²) in [6, 6.07) is 3.36. The number of nitrogens with zero attached hydrogens (tertiary/aromatic N) is 1. The number of hydrogen-bond acceptors (Lipinski definition) is 4. The first-order chi connectivity index (χ1) is 8.04. The van der Waals surface area contributed by atoms with E-state index in [2.05, 4.69) is 15.9 Å². The second kappa shape index (κ2) is 5.36. The molecule has 0 aliphatic carbocycles. The highest BCUT2D eigenvalue weighted by molar-refractivity contribution is 9.11. The number of sulfonamides is 1. The third-order valence-corrected chi connectivity index (χ3v) is 6.84.